The van der Waals surface area contributed by atoms with E-state index in [0.29, 0.717) is 5.69 Å². The van der Waals surface area contributed by atoms with Gasteiger partial charge in [0.25, 0.3) is 0 Å². The zero-order chi connectivity index (χ0) is 12.1. The normalized spacial score (nSPS) is 12.3. The maximum Gasteiger partial charge on any atom is 0.0535 e. The summed E-state index contributed by atoms with van der Waals surface area (Å²) in [6, 6.07) is 5.63. The van der Waals surface area contributed by atoms with Crippen molar-refractivity contribution in [1.29, 1.82) is 0 Å². The lowest BCUT2D eigenvalue weighted by atomic mass is 10.0. The van der Waals surface area contributed by atoms with Gasteiger partial charge in [-0.15, -0.1) is 0 Å². The van der Waals surface area contributed by atoms with E-state index in [1.54, 1.807) is 30.9 Å². The highest BCUT2D eigenvalue weighted by molar-refractivity contribution is 5.46. The van der Waals surface area contributed by atoms with Gasteiger partial charge in [-0.1, -0.05) is 0 Å². The maximum atomic E-state index is 5.90. The van der Waals surface area contributed by atoms with Crippen LogP contribution in [0.1, 0.15) is 17.2 Å². The van der Waals surface area contributed by atoms with Gasteiger partial charge in [0.05, 0.1) is 6.04 Å². The van der Waals surface area contributed by atoms with Crippen LogP contribution in [-0.2, 0) is 6.42 Å². The topological polar surface area (TPSA) is 89.8 Å². The molecule has 2 rings (SSSR count). The molecule has 0 aliphatic carbocycles. The number of nitrogens with zero attached hydrogens (tertiary/aromatic N) is 2. The molecule has 5 N–H and O–H groups in total. The lowest BCUT2D eigenvalue weighted by molar-refractivity contribution is 0.551. The van der Waals surface area contributed by atoms with E-state index in [0.717, 1.165) is 17.5 Å². The first-order chi connectivity index (χ1) is 8.31. The molecule has 0 radical (unpaired) electrons. The van der Waals surface area contributed by atoms with Crippen LogP contribution in [0.3, 0.4) is 0 Å². The molecule has 0 saturated carbocycles. The average molecular weight is 229 g/mol. The van der Waals surface area contributed by atoms with E-state index in [-0.39, 0.29) is 6.04 Å². The van der Waals surface area contributed by atoms with E-state index in [1.807, 2.05) is 12.1 Å². The summed E-state index contributed by atoms with van der Waals surface area (Å²) in [6.45, 7) is 0. The smallest absolute Gasteiger partial charge is 0.0535 e. The molecule has 2 heterocycles. The molecule has 5 nitrogen and oxygen atoms in total. The Balaban J connectivity index is 2.21. The number of aromatic nitrogens is 2. The highest BCUT2D eigenvalue weighted by Crippen LogP contribution is 2.21. The number of hydrogen-bond donors (Lipinski definition) is 3. The summed E-state index contributed by atoms with van der Waals surface area (Å²) in [5, 5.41) is 0. The first-order valence-corrected chi connectivity index (χ1v) is 5.35. The van der Waals surface area contributed by atoms with Crippen LogP contribution in [0.5, 0.6) is 0 Å². The van der Waals surface area contributed by atoms with Crippen molar-refractivity contribution in [2.75, 3.05) is 5.73 Å². The Morgan fingerprint density at radius 3 is 2.47 bits per heavy atom. The summed E-state index contributed by atoms with van der Waals surface area (Å²) < 4.78 is 0. The van der Waals surface area contributed by atoms with E-state index in [4.69, 9.17) is 11.6 Å². The molecule has 0 spiro atoms. The molecule has 2 aromatic rings. The summed E-state index contributed by atoms with van der Waals surface area (Å²) in [4.78, 5) is 8.05. The van der Waals surface area contributed by atoms with Crippen LogP contribution >= 0.6 is 0 Å². The summed E-state index contributed by atoms with van der Waals surface area (Å²) in [6.07, 6.45) is 7.67. The van der Waals surface area contributed by atoms with Gasteiger partial charge in [-0.25, -0.2) is 0 Å². The van der Waals surface area contributed by atoms with Crippen LogP contribution in [0.15, 0.2) is 43.0 Å². The first-order valence-electron chi connectivity index (χ1n) is 5.35. The first kappa shape index (κ1) is 11.5. The Morgan fingerprint density at radius 2 is 1.82 bits per heavy atom. The number of hydrogen-bond acceptors (Lipinski definition) is 5. The van der Waals surface area contributed by atoms with Crippen molar-refractivity contribution < 1.29 is 0 Å². The lowest BCUT2D eigenvalue weighted by Gasteiger charge is -2.17. The molecular weight excluding hydrogens is 214 g/mol. The Hall–Kier alpha value is -1.98. The molecule has 0 fully saturated rings. The Bertz CT molecular complexity index is 471. The van der Waals surface area contributed by atoms with Crippen LogP contribution in [0.2, 0.25) is 0 Å². The second-order valence-corrected chi connectivity index (χ2v) is 3.78. The minimum Gasteiger partial charge on any atom is -0.398 e. The van der Waals surface area contributed by atoms with Crippen molar-refractivity contribution in [2.45, 2.75) is 12.5 Å². The zero-order valence-electron chi connectivity index (χ0n) is 9.38. The van der Waals surface area contributed by atoms with E-state index >= 15 is 0 Å². The number of nitrogens with two attached hydrogens (primary N) is 2. The van der Waals surface area contributed by atoms with Crippen LogP contribution in [0.4, 0.5) is 5.69 Å². The van der Waals surface area contributed by atoms with Crippen LogP contribution < -0.4 is 17.0 Å². The SMILES string of the molecule is NNC(Cc1ccncc1)c1cnccc1N. The van der Waals surface area contributed by atoms with Gasteiger partial charge in [-0.2, -0.15) is 0 Å². The molecule has 0 bridgehead atoms. The van der Waals surface area contributed by atoms with Crippen molar-refractivity contribution in [2.24, 2.45) is 5.84 Å². The number of rotatable bonds is 4. The van der Waals surface area contributed by atoms with Gasteiger partial charge in [0, 0.05) is 36.0 Å². The quantitative estimate of drug-likeness (QED) is 0.533. The van der Waals surface area contributed by atoms with E-state index in [2.05, 4.69) is 15.4 Å². The second kappa shape index (κ2) is 5.38. The number of nitrogen functional groups attached to an aromatic ring is 1. The molecule has 17 heavy (non-hydrogen) atoms. The van der Waals surface area contributed by atoms with E-state index in [9.17, 15) is 0 Å². The summed E-state index contributed by atoms with van der Waals surface area (Å²) in [5.41, 5.74) is 11.4. The van der Waals surface area contributed by atoms with E-state index in [1.165, 1.54) is 0 Å². The van der Waals surface area contributed by atoms with Crippen molar-refractivity contribution in [3.63, 3.8) is 0 Å². The standard InChI is InChI=1S/C12H15N5/c13-11-3-6-16-8-10(11)12(17-14)7-9-1-4-15-5-2-9/h1-6,8,12,17H,7,14H2,(H2,13,16). The number of hydrazine groups is 1. The summed E-state index contributed by atoms with van der Waals surface area (Å²) >= 11 is 0. The fraction of sp³-hybridized carbons (Fsp3) is 0.167. The van der Waals surface area contributed by atoms with E-state index < -0.39 is 0 Å². The predicted molar refractivity (Wildman–Crippen MR) is 66.7 cm³/mol. The molecule has 0 amide bonds. The number of pyridine rings is 2. The predicted octanol–water partition coefficient (Wildman–Crippen LogP) is 0.806. The van der Waals surface area contributed by atoms with Crippen LogP contribution in [-0.4, -0.2) is 9.97 Å². The number of anilines is 1. The monoisotopic (exact) mass is 229 g/mol. The molecule has 0 aliphatic heterocycles. The maximum absolute atomic E-state index is 5.90. The molecule has 1 unspecified atom stereocenters. The van der Waals surface area contributed by atoms with Crippen molar-refractivity contribution in [3.8, 4) is 0 Å². The highest BCUT2D eigenvalue weighted by atomic mass is 15.2. The van der Waals surface area contributed by atoms with Crippen molar-refractivity contribution >= 4 is 5.69 Å². The molecule has 0 aromatic carbocycles. The second-order valence-electron chi connectivity index (χ2n) is 3.78. The highest BCUT2D eigenvalue weighted by Gasteiger charge is 2.13. The molecule has 5 heteroatoms. The minimum atomic E-state index is -0.0499. The van der Waals surface area contributed by atoms with Crippen molar-refractivity contribution in [3.05, 3.63) is 54.1 Å². The van der Waals surface area contributed by atoms with Gasteiger partial charge in [0.2, 0.25) is 0 Å². The average Bonchev–Trinajstić information content (AvgIpc) is 2.38. The third-order valence-corrected chi connectivity index (χ3v) is 2.65. The van der Waals surface area contributed by atoms with Gasteiger partial charge in [-0.3, -0.25) is 21.2 Å². The molecule has 88 valence electrons. The lowest BCUT2D eigenvalue weighted by Crippen LogP contribution is -2.30. The molecular formula is C12H15N5. The fourth-order valence-corrected chi connectivity index (χ4v) is 1.72. The van der Waals surface area contributed by atoms with Crippen LogP contribution in [0.25, 0.3) is 0 Å². The van der Waals surface area contributed by atoms with Crippen LogP contribution in [0, 0.1) is 0 Å². The molecule has 0 aliphatic rings. The zero-order valence-corrected chi connectivity index (χ0v) is 9.38. The van der Waals surface area contributed by atoms with Gasteiger partial charge in [0.1, 0.15) is 0 Å². The van der Waals surface area contributed by atoms with Gasteiger partial charge >= 0.3 is 0 Å². The summed E-state index contributed by atoms with van der Waals surface area (Å²) in [7, 11) is 0. The third-order valence-electron chi connectivity index (χ3n) is 2.65. The largest absolute Gasteiger partial charge is 0.398 e. The minimum absolute atomic E-state index is 0.0499. The number of nitrogens with one attached hydrogen (secondary N) is 1. The van der Waals surface area contributed by atoms with Gasteiger partial charge in [0.15, 0.2) is 0 Å². The Labute approximate surface area is 99.9 Å². The molecule has 1 atom stereocenters. The summed E-state index contributed by atoms with van der Waals surface area (Å²) in [5.74, 6) is 5.57. The Kier molecular flexibility index (Phi) is 3.64. The van der Waals surface area contributed by atoms with Crippen molar-refractivity contribution in [1.82, 2.24) is 15.4 Å². The molecule has 2 aromatic heterocycles. The Morgan fingerprint density at radius 1 is 1.12 bits per heavy atom. The van der Waals surface area contributed by atoms with Gasteiger partial charge < -0.3 is 5.73 Å². The fourth-order valence-electron chi connectivity index (χ4n) is 1.72. The third kappa shape index (κ3) is 2.77. The van der Waals surface area contributed by atoms with Gasteiger partial charge in [-0.05, 0) is 30.2 Å². The molecule has 0 saturated heterocycles.